The first-order valence-corrected chi connectivity index (χ1v) is 5.61. The van der Waals surface area contributed by atoms with Crippen LogP contribution in [-0.2, 0) is 9.84 Å². The third-order valence-corrected chi connectivity index (χ3v) is 3.55. The largest absolute Gasteiger partial charge is 0.399 e. The van der Waals surface area contributed by atoms with Crippen molar-refractivity contribution >= 4 is 21.2 Å². The standard InChI is InChI=1S/C9H10N2O2S/c1-11-4-5-14(12,13)9-6-7(10)2-3-8(9)11/h2-6H,10H2,1H3. The number of nitrogen functional groups attached to an aromatic ring is 1. The maximum atomic E-state index is 11.6. The van der Waals surface area contributed by atoms with Crippen LogP contribution in [0.25, 0.3) is 0 Å². The molecular formula is C9H10N2O2S. The Hall–Kier alpha value is -1.49. The summed E-state index contributed by atoms with van der Waals surface area (Å²) in [5.41, 5.74) is 6.65. The third-order valence-electron chi connectivity index (χ3n) is 2.13. The van der Waals surface area contributed by atoms with Crippen LogP contribution in [0.2, 0.25) is 0 Å². The summed E-state index contributed by atoms with van der Waals surface area (Å²) in [4.78, 5) is 2.01. The molecule has 14 heavy (non-hydrogen) atoms. The van der Waals surface area contributed by atoms with Gasteiger partial charge in [-0.15, -0.1) is 0 Å². The number of hydrogen-bond donors (Lipinski definition) is 1. The van der Waals surface area contributed by atoms with Crippen molar-refractivity contribution in [3.63, 3.8) is 0 Å². The molecule has 0 bridgehead atoms. The molecule has 0 radical (unpaired) electrons. The quantitative estimate of drug-likeness (QED) is 0.648. The van der Waals surface area contributed by atoms with E-state index in [1.165, 1.54) is 17.7 Å². The van der Waals surface area contributed by atoms with E-state index < -0.39 is 9.84 Å². The number of hydrogen-bond acceptors (Lipinski definition) is 4. The first kappa shape index (κ1) is 9.08. The van der Waals surface area contributed by atoms with E-state index in [-0.39, 0.29) is 4.90 Å². The van der Waals surface area contributed by atoms with E-state index in [0.717, 1.165) is 0 Å². The topological polar surface area (TPSA) is 63.4 Å². The molecule has 1 heterocycles. The zero-order valence-corrected chi connectivity index (χ0v) is 8.45. The fourth-order valence-corrected chi connectivity index (χ4v) is 2.67. The molecule has 1 aromatic rings. The van der Waals surface area contributed by atoms with Gasteiger partial charge in [0.2, 0.25) is 9.84 Å². The smallest absolute Gasteiger partial charge is 0.203 e. The van der Waals surface area contributed by atoms with Crippen LogP contribution in [-0.4, -0.2) is 15.5 Å². The maximum absolute atomic E-state index is 11.6. The highest BCUT2D eigenvalue weighted by Crippen LogP contribution is 2.31. The fourth-order valence-electron chi connectivity index (χ4n) is 1.38. The van der Waals surface area contributed by atoms with E-state index in [0.29, 0.717) is 11.4 Å². The Bertz CT molecular complexity index is 506. The Morgan fingerprint density at radius 3 is 2.79 bits per heavy atom. The van der Waals surface area contributed by atoms with Crippen molar-refractivity contribution in [1.29, 1.82) is 0 Å². The van der Waals surface area contributed by atoms with Gasteiger partial charge in [-0.25, -0.2) is 8.42 Å². The van der Waals surface area contributed by atoms with Crippen LogP contribution in [0.15, 0.2) is 34.7 Å². The molecule has 5 heteroatoms. The number of nitrogens with zero attached hydrogens (tertiary/aromatic N) is 1. The molecule has 0 fully saturated rings. The molecule has 2 rings (SSSR count). The Morgan fingerprint density at radius 1 is 1.36 bits per heavy atom. The van der Waals surface area contributed by atoms with Crippen LogP contribution >= 0.6 is 0 Å². The van der Waals surface area contributed by atoms with E-state index in [9.17, 15) is 8.42 Å². The summed E-state index contributed by atoms with van der Waals surface area (Å²) in [6.07, 6.45) is 1.52. The molecule has 0 atom stereocenters. The molecule has 0 amide bonds. The van der Waals surface area contributed by atoms with Gasteiger partial charge in [-0.3, -0.25) is 0 Å². The van der Waals surface area contributed by atoms with Crippen LogP contribution in [0, 0.1) is 0 Å². The lowest BCUT2D eigenvalue weighted by atomic mass is 10.2. The summed E-state index contributed by atoms with van der Waals surface area (Å²) in [6.45, 7) is 0. The number of anilines is 2. The fraction of sp³-hybridized carbons (Fsp3) is 0.111. The Balaban J connectivity index is 2.76. The van der Waals surface area contributed by atoms with E-state index >= 15 is 0 Å². The van der Waals surface area contributed by atoms with Gasteiger partial charge in [0.25, 0.3) is 0 Å². The zero-order chi connectivity index (χ0) is 10.3. The summed E-state index contributed by atoms with van der Waals surface area (Å²) in [7, 11) is -1.51. The molecule has 0 saturated carbocycles. The van der Waals surface area contributed by atoms with Gasteiger partial charge in [-0.2, -0.15) is 0 Å². The van der Waals surface area contributed by atoms with Crippen molar-refractivity contribution in [3.8, 4) is 0 Å². The van der Waals surface area contributed by atoms with Gasteiger partial charge in [0.15, 0.2) is 0 Å². The minimum absolute atomic E-state index is 0.266. The molecule has 2 N–H and O–H groups in total. The molecule has 0 saturated heterocycles. The van der Waals surface area contributed by atoms with Crippen molar-refractivity contribution in [2.75, 3.05) is 17.7 Å². The highest BCUT2D eigenvalue weighted by molar-refractivity contribution is 7.94. The van der Waals surface area contributed by atoms with Crippen LogP contribution in [0.5, 0.6) is 0 Å². The normalized spacial score (nSPS) is 17.9. The van der Waals surface area contributed by atoms with Gasteiger partial charge < -0.3 is 10.6 Å². The molecular weight excluding hydrogens is 200 g/mol. The van der Waals surface area contributed by atoms with Crippen molar-refractivity contribution in [2.45, 2.75) is 4.90 Å². The van der Waals surface area contributed by atoms with Gasteiger partial charge in [-0.05, 0) is 18.2 Å². The number of rotatable bonds is 0. The van der Waals surface area contributed by atoms with Crippen molar-refractivity contribution in [3.05, 3.63) is 29.8 Å². The summed E-state index contributed by atoms with van der Waals surface area (Å²) >= 11 is 0. The van der Waals surface area contributed by atoms with E-state index in [1.54, 1.807) is 24.1 Å². The minimum Gasteiger partial charge on any atom is -0.399 e. The summed E-state index contributed by atoms with van der Waals surface area (Å²) in [5.74, 6) is 0. The van der Waals surface area contributed by atoms with Crippen molar-refractivity contribution < 1.29 is 8.42 Å². The average molecular weight is 210 g/mol. The third kappa shape index (κ3) is 1.26. The summed E-state index contributed by atoms with van der Waals surface area (Å²) < 4.78 is 23.2. The average Bonchev–Trinajstić information content (AvgIpc) is 2.12. The summed E-state index contributed by atoms with van der Waals surface area (Å²) in [5, 5.41) is 1.18. The van der Waals surface area contributed by atoms with Crippen molar-refractivity contribution in [2.24, 2.45) is 0 Å². The molecule has 1 aliphatic rings. The Labute approximate surface area is 82.6 Å². The molecule has 0 aliphatic carbocycles. The zero-order valence-electron chi connectivity index (χ0n) is 7.64. The number of nitrogens with two attached hydrogens (primary N) is 1. The van der Waals surface area contributed by atoms with Gasteiger partial charge in [-0.1, -0.05) is 0 Å². The minimum atomic E-state index is -3.30. The predicted molar refractivity (Wildman–Crippen MR) is 55.6 cm³/mol. The lowest BCUT2D eigenvalue weighted by Gasteiger charge is -2.21. The first-order chi connectivity index (χ1) is 6.50. The second kappa shape index (κ2) is 2.75. The lowest BCUT2D eigenvalue weighted by molar-refractivity contribution is 0.604. The molecule has 4 nitrogen and oxygen atoms in total. The maximum Gasteiger partial charge on any atom is 0.203 e. The van der Waals surface area contributed by atoms with E-state index in [4.69, 9.17) is 5.73 Å². The number of benzene rings is 1. The molecule has 1 aromatic carbocycles. The Morgan fingerprint density at radius 2 is 2.07 bits per heavy atom. The second-order valence-corrected chi connectivity index (χ2v) is 4.97. The molecule has 0 aromatic heterocycles. The van der Waals surface area contributed by atoms with Gasteiger partial charge in [0.05, 0.1) is 16.0 Å². The van der Waals surface area contributed by atoms with Crippen molar-refractivity contribution in [1.82, 2.24) is 0 Å². The Kier molecular flexibility index (Phi) is 1.78. The van der Waals surface area contributed by atoms with Crippen LogP contribution in [0.1, 0.15) is 0 Å². The molecule has 0 spiro atoms. The summed E-state index contributed by atoms with van der Waals surface area (Å²) in [6, 6.07) is 4.86. The second-order valence-electron chi connectivity index (χ2n) is 3.17. The highest BCUT2D eigenvalue weighted by atomic mass is 32.2. The van der Waals surface area contributed by atoms with Gasteiger partial charge in [0.1, 0.15) is 0 Å². The lowest BCUT2D eigenvalue weighted by Crippen LogP contribution is -2.17. The SMILES string of the molecule is CN1C=CS(=O)(=O)c2cc(N)ccc21. The number of fused-ring (bicyclic) bond motifs is 1. The van der Waals surface area contributed by atoms with Gasteiger partial charge >= 0.3 is 0 Å². The first-order valence-electron chi connectivity index (χ1n) is 4.06. The predicted octanol–water partition coefficient (Wildman–Crippen LogP) is 0.964. The molecule has 0 unspecified atom stereocenters. The van der Waals surface area contributed by atoms with Crippen LogP contribution < -0.4 is 10.6 Å². The molecule has 1 aliphatic heterocycles. The number of sulfone groups is 1. The monoisotopic (exact) mass is 210 g/mol. The molecule has 74 valence electrons. The van der Waals surface area contributed by atoms with E-state index in [2.05, 4.69) is 0 Å². The van der Waals surface area contributed by atoms with Crippen LogP contribution in [0.4, 0.5) is 11.4 Å². The highest BCUT2D eigenvalue weighted by Gasteiger charge is 2.21. The van der Waals surface area contributed by atoms with E-state index in [1.807, 2.05) is 0 Å². The van der Waals surface area contributed by atoms with Gasteiger partial charge in [0, 0.05) is 18.9 Å². The van der Waals surface area contributed by atoms with Crippen LogP contribution in [0.3, 0.4) is 0 Å².